The van der Waals surface area contributed by atoms with Gasteiger partial charge in [-0.3, -0.25) is 4.90 Å². The minimum absolute atomic E-state index is 0.0975. The maximum Gasteiger partial charge on any atom is 0.138 e. The molecular weight excluding hydrogens is 262 g/mol. The third-order valence-electron chi connectivity index (χ3n) is 2.86. The molecular formula is C10H16ClN3O2S. The van der Waals surface area contributed by atoms with E-state index in [1.807, 2.05) is 0 Å². The second kappa shape index (κ2) is 6.61. The van der Waals surface area contributed by atoms with Crippen LogP contribution in [0.5, 0.6) is 0 Å². The third kappa shape index (κ3) is 3.86. The lowest BCUT2D eigenvalue weighted by atomic mass is 10.1. The summed E-state index contributed by atoms with van der Waals surface area (Å²) in [6.45, 7) is 3.25. The highest BCUT2D eigenvalue weighted by molar-refractivity contribution is 7.10. The number of piperidine rings is 1. The highest BCUT2D eigenvalue weighted by Crippen LogP contribution is 2.21. The zero-order valence-corrected chi connectivity index (χ0v) is 11.1. The molecule has 1 fully saturated rings. The van der Waals surface area contributed by atoms with Crippen LogP contribution in [0.1, 0.15) is 18.5 Å². The Morgan fingerprint density at radius 2 is 2.24 bits per heavy atom. The van der Waals surface area contributed by atoms with Crippen molar-refractivity contribution >= 4 is 23.1 Å². The summed E-state index contributed by atoms with van der Waals surface area (Å²) in [4.78, 5) is 2.31. The van der Waals surface area contributed by atoms with Gasteiger partial charge in [-0.15, -0.1) is 5.10 Å². The number of aliphatic hydroxyl groups is 1. The van der Waals surface area contributed by atoms with Gasteiger partial charge >= 0.3 is 0 Å². The quantitative estimate of drug-likeness (QED) is 0.875. The van der Waals surface area contributed by atoms with Gasteiger partial charge in [-0.1, -0.05) is 16.1 Å². The van der Waals surface area contributed by atoms with E-state index in [1.165, 1.54) is 11.5 Å². The minimum Gasteiger partial charge on any atom is -0.394 e. The lowest BCUT2D eigenvalue weighted by molar-refractivity contribution is -0.00918. The van der Waals surface area contributed by atoms with Crippen molar-refractivity contribution in [3.63, 3.8) is 0 Å². The van der Waals surface area contributed by atoms with E-state index in [9.17, 15) is 0 Å². The van der Waals surface area contributed by atoms with Gasteiger partial charge in [0.2, 0.25) is 0 Å². The number of halogens is 1. The number of rotatable bonds is 5. The standard InChI is InChI=1S/C10H16ClN3O2S/c11-10-9(12-13-17-10)7-14-3-1-8(2-4-14)16-6-5-15/h8,15H,1-7H2. The first kappa shape index (κ1) is 13.2. The predicted octanol–water partition coefficient (Wildman–Crippen LogP) is 1.16. The summed E-state index contributed by atoms with van der Waals surface area (Å²) in [5.74, 6) is 0. The third-order valence-corrected chi connectivity index (χ3v) is 3.85. The topological polar surface area (TPSA) is 58.5 Å². The summed E-state index contributed by atoms with van der Waals surface area (Å²) in [5.41, 5.74) is 0.867. The van der Waals surface area contributed by atoms with E-state index < -0.39 is 0 Å². The Labute approximate surface area is 110 Å². The largest absolute Gasteiger partial charge is 0.394 e. The van der Waals surface area contributed by atoms with E-state index >= 15 is 0 Å². The number of hydrogen-bond donors (Lipinski definition) is 1. The molecule has 1 aliphatic rings. The second-order valence-corrected chi connectivity index (χ2v) is 5.42. The monoisotopic (exact) mass is 277 g/mol. The molecule has 1 aliphatic heterocycles. The smallest absolute Gasteiger partial charge is 0.138 e. The van der Waals surface area contributed by atoms with Crippen LogP contribution in [0.4, 0.5) is 0 Å². The maximum absolute atomic E-state index is 8.69. The summed E-state index contributed by atoms with van der Waals surface area (Å²) >= 11 is 7.20. The van der Waals surface area contributed by atoms with Gasteiger partial charge in [-0.25, -0.2) is 0 Å². The summed E-state index contributed by atoms with van der Waals surface area (Å²) in [7, 11) is 0. The Bertz CT molecular complexity index is 342. The normalized spacial score (nSPS) is 18.7. The number of ether oxygens (including phenoxy) is 1. The van der Waals surface area contributed by atoms with E-state index in [1.54, 1.807) is 0 Å². The summed E-state index contributed by atoms with van der Waals surface area (Å²) in [5, 5.41) is 12.7. The summed E-state index contributed by atoms with van der Waals surface area (Å²) in [6.07, 6.45) is 2.27. The van der Waals surface area contributed by atoms with Crippen LogP contribution in [0.25, 0.3) is 0 Å². The minimum atomic E-state index is 0.0975. The van der Waals surface area contributed by atoms with Crippen LogP contribution in [0.2, 0.25) is 4.34 Å². The van der Waals surface area contributed by atoms with Crippen LogP contribution >= 0.6 is 23.1 Å². The lowest BCUT2D eigenvalue weighted by Gasteiger charge is -2.31. The molecule has 0 spiro atoms. The Kier molecular flexibility index (Phi) is 5.12. The molecule has 1 N–H and O–H groups in total. The molecule has 0 radical (unpaired) electrons. The molecule has 7 heteroatoms. The average molecular weight is 278 g/mol. The Balaban J connectivity index is 1.74. The molecule has 1 aromatic rings. The van der Waals surface area contributed by atoms with Gasteiger partial charge in [0.05, 0.1) is 19.3 Å². The Morgan fingerprint density at radius 1 is 1.47 bits per heavy atom. The van der Waals surface area contributed by atoms with Gasteiger partial charge < -0.3 is 9.84 Å². The average Bonchev–Trinajstić information content (AvgIpc) is 2.74. The molecule has 1 aromatic heterocycles. The van der Waals surface area contributed by atoms with Crippen LogP contribution in [-0.4, -0.2) is 52.0 Å². The number of likely N-dealkylation sites (tertiary alicyclic amines) is 1. The van der Waals surface area contributed by atoms with Crippen LogP contribution in [0.3, 0.4) is 0 Å². The van der Waals surface area contributed by atoms with Crippen molar-refractivity contribution in [3.8, 4) is 0 Å². The molecule has 5 nitrogen and oxygen atoms in total. The number of aromatic nitrogens is 2. The van der Waals surface area contributed by atoms with Crippen molar-refractivity contribution in [2.45, 2.75) is 25.5 Å². The first-order valence-corrected chi connectivity index (χ1v) is 6.86. The zero-order valence-electron chi connectivity index (χ0n) is 9.51. The van der Waals surface area contributed by atoms with E-state index in [0.717, 1.165) is 38.2 Å². The van der Waals surface area contributed by atoms with E-state index in [-0.39, 0.29) is 12.7 Å². The Hall–Kier alpha value is -0.270. The molecule has 0 bridgehead atoms. The zero-order chi connectivity index (χ0) is 12.1. The van der Waals surface area contributed by atoms with Gasteiger partial charge in [-0.05, 0) is 12.8 Å². The summed E-state index contributed by atoms with van der Waals surface area (Å²) < 4.78 is 10.0. The molecule has 2 rings (SSSR count). The van der Waals surface area contributed by atoms with Crippen molar-refractivity contribution in [2.75, 3.05) is 26.3 Å². The fourth-order valence-corrected chi connectivity index (χ4v) is 2.57. The molecule has 0 amide bonds. The van der Waals surface area contributed by atoms with Gasteiger partial charge in [0.25, 0.3) is 0 Å². The van der Waals surface area contributed by atoms with Crippen LogP contribution in [-0.2, 0) is 11.3 Å². The van der Waals surface area contributed by atoms with Gasteiger partial charge in [0, 0.05) is 31.2 Å². The van der Waals surface area contributed by atoms with E-state index in [2.05, 4.69) is 14.5 Å². The van der Waals surface area contributed by atoms with Crippen molar-refractivity contribution in [1.29, 1.82) is 0 Å². The first-order chi connectivity index (χ1) is 8.29. The molecule has 96 valence electrons. The van der Waals surface area contributed by atoms with Gasteiger partial charge in [0.15, 0.2) is 0 Å². The first-order valence-electron chi connectivity index (χ1n) is 5.71. The molecule has 0 saturated carbocycles. The molecule has 0 atom stereocenters. The van der Waals surface area contributed by atoms with Crippen molar-refractivity contribution in [2.24, 2.45) is 0 Å². The highest BCUT2D eigenvalue weighted by Gasteiger charge is 2.21. The fraction of sp³-hybridized carbons (Fsp3) is 0.800. The highest BCUT2D eigenvalue weighted by atomic mass is 35.5. The maximum atomic E-state index is 8.69. The summed E-state index contributed by atoms with van der Waals surface area (Å²) in [6, 6.07) is 0. The molecule has 0 aromatic carbocycles. The number of hydrogen-bond acceptors (Lipinski definition) is 6. The molecule has 2 heterocycles. The lowest BCUT2D eigenvalue weighted by Crippen LogP contribution is -2.37. The van der Waals surface area contributed by atoms with Gasteiger partial charge in [-0.2, -0.15) is 0 Å². The van der Waals surface area contributed by atoms with Crippen LogP contribution in [0.15, 0.2) is 0 Å². The van der Waals surface area contributed by atoms with Crippen molar-refractivity contribution < 1.29 is 9.84 Å². The number of nitrogens with zero attached hydrogens (tertiary/aromatic N) is 3. The Morgan fingerprint density at radius 3 is 2.82 bits per heavy atom. The number of aliphatic hydroxyl groups excluding tert-OH is 1. The van der Waals surface area contributed by atoms with Crippen LogP contribution < -0.4 is 0 Å². The van der Waals surface area contributed by atoms with Gasteiger partial charge in [0.1, 0.15) is 10.0 Å². The molecule has 0 unspecified atom stereocenters. The fourth-order valence-electron chi connectivity index (χ4n) is 1.96. The second-order valence-electron chi connectivity index (χ2n) is 4.06. The van der Waals surface area contributed by atoms with Crippen molar-refractivity contribution in [1.82, 2.24) is 14.5 Å². The van der Waals surface area contributed by atoms with E-state index in [4.69, 9.17) is 21.4 Å². The van der Waals surface area contributed by atoms with Crippen LogP contribution in [0, 0.1) is 0 Å². The van der Waals surface area contributed by atoms with Crippen molar-refractivity contribution in [3.05, 3.63) is 10.0 Å². The predicted molar refractivity (Wildman–Crippen MR) is 66.3 cm³/mol. The SMILES string of the molecule is OCCOC1CCN(Cc2nnsc2Cl)CC1. The molecule has 17 heavy (non-hydrogen) atoms. The van der Waals surface area contributed by atoms with E-state index in [0.29, 0.717) is 10.9 Å². The molecule has 0 aliphatic carbocycles. The molecule has 1 saturated heterocycles.